The molecule has 0 bridgehead atoms. The molecule has 0 atom stereocenters. The first kappa shape index (κ1) is 24.3. The van der Waals surface area contributed by atoms with Crippen molar-refractivity contribution in [3.05, 3.63) is 113 Å². The zero-order chi connectivity index (χ0) is 26.1. The second-order valence-electron chi connectivity index (χ2n) is 8.21. The molecule has 0 spiro atoms. The minimum absolute atomic E-state index is 0.0163. The number of thiophene rings is 1. The van der Waals surface area contributed by atoms with Gasteiger partial charge in [0.2, 0.25) is 4.80 Å². The van der Waals surface area contributed by atoms with E-state index < -0.39 is 4.92 Å². The molecule has 0 saturated carbocycles. The Kier molecular flexibility index (Phi) is 6.55. The van der Waals surface area contributed by atoms with Crippen LogP contribution in [0.1, 0.15) is 17.5 Å². The van der Waals surface area contributed by atoms with Crippen molar-refractivity contribution in [2.24, 2.45) is 17.1 Å². The Balaban J connectivity index is 1.74. The van der Waals surface area contributed by atoms with Crippen LogP contribution in [0.5, 0.6) is 0 Å². The Morgan fingerprint density at radius 1 is 1.03 bits per heavy atom. The van der Waals surface area contributed by atoms with Gasteiger partial charge in [-0.2, -0.15) is 5.10 Å². The van der Waals surface area contributed by atoms with E-state index in [0.717, 1.165) is 16.3 Å². The summed E-state index contributed by atoms with van der Waals surface area (Å²) in [6.07, 6.45) is 0. The average molecular weight is 531 g/mol. The second-order valence-corrected chi connectivity index (χ2v) is 9.99. The van der Waals surface area contributed by atoms with Gasteiger partial charge in [-0.25, -0.2) is 14.4 Å². The average Bonchev–Trinajstić information content (AvgIpc) is 3.62. The highest BCUT2D eigenvalue weighted by Gasteiger charge is 2.18. The number of hydrogen-bond donors (Lipinski definition) is 0. The Hall–Kier alpha value is -4.35. The fraction of sp³-hybridized carbons (Fsp3) is 0.115. The highest BCUT2D eigenvalue weighted by Crippen LogP contribution is 2.26. The van der Waals surface area contributed by atoms with Crippen LogP contribution in [0.4, 0.5) is 11.4 Å². The van der Waals surface area contributed by atoms with Gasteiger partial charge in [0.25, 0.3) is 11.2 Å². The van der Waals surface area contributed by atoms with Crippen LogP contribution < -0.4 is 10.4 Å². The van der Waals surface area contributed by atoms with Crippen molar-refractivity contribution in [2.75, 3.05) is 0 Å². The number of nitro benzene ring substituents is 1. The molecule has 0 N–H and O–H groups in total. The predicted molar refractivity (Wildman–Crippen MR) is 147 cm³/mol. The third kappa shape index (κ3) is 4.61. The molecule has 0 radical (unpaired) electrons. The van der Waals surface area contributed by atoms with E-state index in [1.165, 1.54) is 23.5 Å². The van der Waals surface area contributed by atoms with E-state index in [1.54, 1.807) is 37.5 Å². The zero-order valence-corrected chi connectivity index (χ0v) is 21.9. The Labute approximate surface area is 219 Å². The number of para-hydroxylation sites is 1. The van der Waals surface area contributed by atoms with Gasteiger partial charge in [-0.3, -0.25) is 19.6 Å². The van der Waals surface area contributed by atoms with Gasteiger partial charge >= 0.3 is 0 Å². The first-order valence-electron chi connectivity index (χ1n) is 11.3. The van der Waals surface area contributed by atoms with Crippen molar-refractivity contribution in [2.45, 2.75) is 13.8 Å². The quantitative estimate of drug-likeness (QED) is 0.165. The van der Waals surface area contributed by atoms with Crippen molar-refractivity contribution < 1.29 is 4.92 Å². The Morgan fingerprint density at radius 2 is 1.81 bits per heavy atom. The van der Waals surface area contributed by atoms with Crippen LogP contribution in [-0.2, 0) is 7.05 Å². The predicted octanol–water partition coefficient (Wildman–Crippen LogP) is 5.49. The monoisotopic (exact) mass is 530 g/mol. The number of hydrogen-bond acceptors (Lipinski definition) is 7. The molecule has 5 rings (SSSR count). The highest BCUT2D eigenvalue weighted by molar-refractivity contribution is 7.12. The largest absolute Gasteiger partial charge is 0.297 e. The van der Waals surface area contributed by atoms with Crippen LogP contribution in [0.3, 0.4) is 0 Å². The minimum atomic E-state index is -0.426. The van der Waals surface area contributed by atoms with E-state index in [4.69, 9.17) is 10.1 Å². The van der Waals surface area contributed by atoms with E-state index in [2.05, 4.69) is 0 Å². The van der Waals surface area contributed by atoms with Gasteiger partial charge in [-0.05, 0) is 37.4 Å². The molecule has 37 heavy (non-hydrogen) atoms. The van der Waals surface area contributed by atoms with Gasteiger partial charge < -0.3 is 0 Å². The Bertz CT molecular complexity index is 1760. The third-order valence-corrected chi connectivity index (χ3v) is 7.69. The molecule has 186 valence electrons. The van der Waals surface area contributed by atoms with Gasteiger partial charge in [-0.1, -0.05) is 36.4 Å². The first-order valence-corrected chi connectivity index (χ1v) is 13.0. The molecule has 0 aliphatic carbocycles. The number of nitro groups is 1. The summed E-state index contributed by atoms with van der Waals surface area (Å²) in [5, 5.41) is 20.0. The van der Waals surface area contributed by atoms with Gasteiger partial charge in [-0.15, -0.1) is 22.7 Å². The van der Waals surface area contributed by atoms with E-state index in [9.17, 15) is 14.9 Å². The van der Waals surface area contributed by atoms with E-state index >= 15 is 0 Å². The Morgan fingerprint density at radius 3 is 2.51 bits per heavy atom. The first-order chi connectivity index (χ1) is 17.8. The van der Waals surface area contributed by atoms with Crippen LogP contribution in [0.15, 0.2) is 92.4 Å². The number of aromatic nitrogens is 3. The molecule has 0 aliphatic heterocycles. The standard InChI is InChI=1S/C26H22N6O3S2/c1-17(23-13-8-14-36-23)28-30-22(19-9-7-12-21(15-19)32(34)35)16-37-26(30)27-24-18(2)29(3)31(25(24)33)20-10-5-4-6-11-20/h4-16H,1-3H3. The lowest BCUT2D eigenvalue weighted by molar-refractivity contribution is -0.384. The maximum Gasteiger partial charge on any atom is 0.297 e. The summed E-state index contributed by atoms with van der Waals surface area (Å²) in [6, 6.07) is 19.7. The number of non-ortho nitro benzene ring substituents is 1. The van der Waals surface area contributed by atoms with E-state index in [-0.39, 0.29) is 11.2 Å². The van der Waals surface area contributed by atoms with Crippen molar-refractivity contribution in [3.63, 3.8) is 0 Å². The van der Waals surface area contributed by atoms with Gasteiger partial charge in [0.05, 0.1) is 32.6 Å². The van der Waals surface area contributed by atoms with Crippen molar-refractivity contribution in [1.82, 2.24) is 14.0 Å². The molecular formula is C26H22N6O3S2. The lowest BCUT2D eigenvalue weighted by Gasteiger charge is -2.07. The summed E-state index contributed by atoms with van der Waals surface area (Å²) < 4.78 is 5.00. The molecule has 0 aliphatic rings. The maximum atomic E-state index is 13.5. The van der Waals surface area contributed by atoms with Gasteiger partial charge in [0, 0.05) is 30.1 Å². The highest BCUT2D eigenvalue weighted by atomic mass is 32.1. The smallest absolute Gasteiger partial charge is 0.283 e. The number of nitrogens with zero attached hydrogens (tertiary/aromatic N) is 6. The zero-order valence-electron chi connectivity index (χ0n) is 20.2. The van der Waals surface area contributed by atoms with E-state index in [1.807, 2.05) is 74.1 Å². The maximum absolute atomic E-state index is 13.5. The molecule has 9 nitrogen and oxygen atoms in total. The van der Waals surface area contributed by atoms with Crippen LogP contribution in [0.25, 0.3) is 16.9 Å². The summed E-state index contributed by atoms with van der Waals surface area (Å²) in [6.45, 7) is 3.74. The van der Waals surface area contributed by atoms with Gasteiger partial charge in [0.15, 0.2) is 5.69 Å². The molecule has 11 heteroatoms. The lowest BCUT2D eigenvalue weighted by atomic mass is 10.1. The minimum Gasteiger partial charge on any atom is -0.283 e. The summed E-state index contributed by atoms with van der Waals surface area (Å²) in [5.41, 5.74) is 3.50. The topological polar surface area (TPSA) is 99.7 Å². The molecule has 0 unspecified atom stereocenters. The molecule has 2 aromatic carbocycles. The number of rotatable bonds is 6. The molecule has 0 fully saturated rings. The van der Waals surface area contributed by atoms with Crippen LogP contribution in [0, 0.1) is 17.0 Å². The van der Waals surface area contributed by atoms with Crippen molar-refractivity contribution in [1.29, 1.82) is 0 Å². The summed E-state index contributed by atoms with van der Waals surface area (Å²) in [5.74, 6) is 0. The van der Waals surface area contributed by atoms with Crippen molar-refractivity contribution in [3.8, 4) is 16.9 Å². The van der Waals surface area contributed by atoms with Gasteiger partial charge in [0.1, 0.15) is 0 Å². The molecule has 3 heterocycles. The van der Waals surface area contributed by atoms with Crippen LogP contribution in [-0.4, -0.2) is 24.7 Å². The third-order valence-electron chi connectivity index (χ3n) is 5.90. The number of benzene rings is 2. The lowest BCUT2D eigenvalue weighted by Crippen LogP contribution is -2.20. The molecule has 5 aromatic rings. The fourth-order valence-corrected chi connectivity index (χ4v) is 5.42. The molecule has 0 saturated heterocycles. The normalized spacial score (nSPS) is 12.3. The van der Waals surface area contributed by atoms with E-state index in [0.29, 0.717) is 27.4 Å². The summed E-state index contributed by atoms with van der Waals surface area (Å²) >= 11 is 2.87. The second kappa shape index (κ2) is 9.96. The molecule has 3 aromatic heterocycles. The summed E-state index contributed by atoms with van der Waals surface area (Å²) in [4.78, 5) is 30.7. The fourth-order valence-electron chi connectivity index (χ4n) is 3.91. The molecule has 0 amide bonds. The van der Waals surface area contributed by atoms with Crippen LogP contribution >= 0.6 is 22.7 Å². The van der Waals surface area contributed by atoms with Crippen LogP contribution in [0.2, 0.25) is 0 Å². The molecular weight excluding hydrogens is 508 g/mol. The van der Waals surface area contributed by atoms with Crippen molar-refractivity contribution >= 4 is 39.8 Å². The summed E-state index contributed by atoms with van der Waals surface area (Å²) in [7, 11) is 1.82. The SMILES string of the molecule is CC(=Nn1c(-c2cccc([N+](=O)[O-])c2)csc1=Nc1c(C)n(C)n(-c2ccccc2)c1=O)c1cccs1. The number of thiazole rings is 1.